The van der Waals surface area contributed by atoms with Gasteiger partial charge in [-0.1, -0.05) is 18.5 Å². The molecule has 2 aliphatic rings. The van der Waals surface area contributed by atoms with Crippen molar-refractivity contribution in [2.45, 2.75) is 64.6 Å². The Morgan fingerprint density at radius 3 is 2.49 bits per heavy atom. The van der Waals surface area contributed by atoms with E-state index in [4.69, 9.17) is 27.2 Å². The maximum absolute atomic E-state index is 12.4. The largest absolute Gasteiger partial charge is 0.444 e. The molecule has 4 N–H and O–H groups in total. The van der Waals surface area contributed by atoms with Crippen molar-refractivity contribution in [1.82, 2.24) is 25.1 Å². The van der Waals surface area contributed by atoms with Crippen LogP contribution in [0.2, 0.25) is 5.15 Å². The van der Waals surface area contributed by atoms with Crippen molar-refractivity contribution in [1.29, 1.82) is 0 Å². The predicted octanol–water partition coefficient (Wildman–Crippen LogP) is 1.73. The molecule has 0 radical (unpaired) electrons. The number of nitrogen functional groups attached to an aromatic ring is 1. The van der Waals surface area contributed by atoms with Crippen molar-refractivity contribution in [2.75, 3.05) is 56.5 Å². The molecule has 3 rings (SSSR count). The summed E-state index contributed by atoms with van der Waals surface area (Å²) in [7, 11) is 0. The molecule has 35 heavy (non-hydrogen) atoms. The summed E-state index contributed by atoms with van der Waals surface area (Å²) in [5, 5.41) is 11.5. The summed E-state index contributed by atoms with van der Waals surface area (Å²) >= 11 is 6.42. The average Bonchev–Trinajstić information content (AvgIpc) is 2.82. The summed E-state index contributed by atoms with van der Waals surface area (Å²) in [5.41, 5.74) is 5.48. The molecule has 0 saturated carbocycles. The molecule has 0 aromatic carbocycles. The Morgan fingerprint density at radius 2 is 1.89 bits per heavy atom. The van der Waals surface area contributed by atoms with E-state index >= 15 is 0 Å². The van der Waals surface area contributed by atoms with E-state index in [0.717, 1.165) is 25.8 Å². The summed E-state index contributed by atoms with van der Waals surface area (Å²) in [6.07, 6.45) is 2.51. The number of likely N-dealkylation sites (tertiary alicyclic amines) is 1. The summed E-state index contributed by atoms with van der Waals surface area (Å²) in [6.45, 7) is 11.3. The fourth-order valence-corrected chi connectivity index (χ4v) is 4.90. The zero-order valence-electron chi connectivity index (χ0n) is 21.1. The third-order valence-corrected chi connectivity index (χ3v) is 6.61. The summed E-state index contributed by atoms with van der Waals surface area (Å²) in [6, 6.07) is 0.679. The van der Waals surface area contributed by atoms with Crippen molar-refractivity contribution < 1.29 is 19.4 Å². The van der Waals surface area contributed by atoms with Gasteiger partial charge in [0.1, 0.15) is 5.60 Å². The predicted molar refractivity (Wildman–Crippen MR) is 135 cm³/mol. The number of nitrogens with two attached hydrogens (primary N) is 1. The lowest BCUT2D eigenvalue weighted by molar-refractivity contribution is 0.00943. The molecule has 196 valence electrons. The Balaban J connectivity index is 1.62. The standard InChI is InChI=1S/C23H38ClN7O4/c1-5-15-14-30(20-18(24)27-17(19(25)28-20)21(33)26-8-13-32)11-12-31(15)16-6-9-29(10-7-16)22(34)35-23(2,3)4/h15-16,32H,5-14H2,1-4H3,(H2,25,28)(H,26,33). The fourth-order valence-electron chi connectivity index (χ4n) is 4.65. The number of piperidine rings is 1. The van der Waals surface area contributed by atoms with Crippen LogP contribution in [0.25, 0.3) is 0 Å². The van der Waals surface area contributed by atoms with Crippen molar-refractivity contribution in [3.63, 3.8) is 0 Å². The molecule has 2 saturated heterocycles. The number of carbonyl (C=O) groups excluding carboxylic acids is 2. The van der Waals surface area contributed by atoms with Crippen LogP contribution in [-0.2, 0) is 4.74 Å². The number of aliphatic hydroxyl groups is 1. The van der Waals surface area contributed by atoms with E-state index in [1.54, 1.807) is 4.90 Å². The normalized spacial score (nSPS) is 20.1. The highest BCUT2D eigenvalue weighted by Crippen LogP contribution is 2.30. The number of anilines is 2. The Hall–Kier alpha value is -2.37. The minimum absolute atomic E-state index is 0.00447. The maximum atomic E-state index is 12.4. The molecule has 0 bridgehead atoms. The Morgan fingerprint density at radius 1 is 1.20 bits per heavy atom. The highest BCUT2D eigenvalue weighted by Gasteiger charge is 2.36. The molecule has 1 unspecified atom stereocenters. The van der Waals surface area contributed by atoms with E-state index < -0.39 is 11.5 Å². The van der Waals surface area contributed by atoms with Gasteiger partial charge in [0.2, 0.25) is 0 Å². The molecule has 0 spiro atoms. The number of aromatic nitrogens is 2. The summed E-state index contributed by atoms with van der Waals surface area (Å²) in [4.78, 5) is 39.6. The molecular formula is C23H38ClN7O4. The topological polar surface area (TPSA) is 137 Å². The zero-order valence-corrected chi connectivity index (χ0v) is 21.8. The van der Waals surface area contributed by atoms with Crippen molar-refractivity contribution in [3.8, 4) is 0 Å². The number of ether oxygens (including phenoxy) is 1. The summed E-state index contributed by atoms with van der Waals surface area (Å²) < 4.78 is 5.52. The number of carbonyl (C=O) groups is 2. The zero-order chi connectivity index (χ0) is 25.8. The Bertz CT molecular complexity index is 903. The third kappa shape index (κ3) is 6.86. The first-order valence-corrected chi connectivity index (χ1v) is 12.6. The molecule has 2 fully saturated rings. The average molecular weight is 512 g/mol. The van der Waals surface area contributed by atoms with Gasteiger partial charge >= 0.3 is 6.09 Å². The summed E-state index contributed by atoms with van der Waals surface area (Å²) in [5.74, 6) is -0.0444. The molecule has 0 aliphatic carbocycles. The fraction of sp³-hybridized carbons (Fsp3) is 0.739. The number of piperazine rings is 1. The second-order valence-electron chi connectivity index (χ2n) is 10.00. The molecule has 2 aliphatic heterocycles. The number of hydrogen-bond acceptors (Lipinski definition) is 9. The quantitative estimate of drug-likeness (QED) is 0.521. The van der Waals surface area contributed by atoms with Gasteiger partial charge in [0, 0.05) is 51.4 Å². The number of nitrogens with zero attached hydrogens (tertiary/aromatic N) is 5. The van der Waals surface area contributed by atoms with Gasteiger partial charge in [0.25, 0.3) is 5.91 Å². The molecule has 1 aromatic rings. The van der Waals surface area contributed by atoms with Crippen LogP contribution in [0.1, 0.15) is 57.4 Å². The lowest BCUT2D eigenvalue weighted by atomic mass is 9.98. The molecule has 3 heterocycles. The Labute approximate surface area is 211 Å². The Kier molecular flexibility index (Phi) is 9.00. The second kappa shape index (κ2) is 11.6. The number of aliphatic hydroxyl groups excluding tert-OH is 1. The van der Waals surface area contributed by atoms with Crippen LogP contribution in [0.3, 0.4) is 0 Å². The minimum Gasteiger partial charge on any atom is -0.444 e. The number of halogens is 1. The number of nitrogens with one attached hydrogen (secondary N) is 1. The van der Waals surface area contributed by atoms with Crippen LogP contribution >= 0.6 is 11.6 Å². The van der Waals surface area contributed by atoms with Crippen LogP contribution in [0.15, 0.2) is 0 Å². The van der Waals surface area contributed by atoms with E-state index in [-0.39, 0.29) is 42.0 Å². The molecular weight excluding hydrogens is 474 g/mol. The monoisotopic (exact) mass is 511 g/mol. The van der Waals surface area contributed by atoms with E-state index in [1.807, 2.05) is 20.8 Å². The van der Waals surface area contributed by atoms with Crippen LogP contribution in [-0.4, -0.2) is 100 Å². The van der Waals surface area contributed by atoms with E-state index in [9.17, 15) is 9.59 Å². The van der Waals surface area contributed by atoms with E-state index in [0.29, 0.717) is 38.0 Å². The third-order valence-electron chi connectivity index (χ3n) is 6.36. The van der Waals surface area contributed by atoms with Gasteiger partial charge in [-0.05, 0) is 40.0 Å². The van der Waals surface area contributed by atoms with Crippen molar-refractivity contribution in [3.05, 3.63) is 10.8 Å². The first-order chi connectivity index (χ1) is 16.5. The molecule has 1 atom stereocenters. The highest BCUT2D eigenvalue weighted by molar-refractivity contribution is 6.32. The number of amides is 2. The van der Waals surface area contributed by atoms with Gasteiger partial charge in [-0.25, -0.2) is 14.8 Å². The molecule has 1 aromatic heterocycles. The van der Waals surface area contributed by atoms with Crippen LogP contribution < -0.4 is 16.0 Å². The highest BCUT2D eigenvalue weighted by atomic mass is 35.5. The van der Waals surface area contributed by atoms with Gasteiger partial charge in [-0.2, -0.15) is 0 Å². The van der Waals surface area contributed by atoms with Gasteiger partial charge in [-0.15, -0.1) is 0 Å². The van der Waals surface area contributed by atoms with E-state index in [1.165, 1.54) is 0 Å². The second-order valence-corrected chi connectivity index (χ2v) is 10.4. The van der Waals surface area contributed by atoms with Gasteiger partial charge < -0.3 is 30.7 Å². The van der Waals surface area contributed by atoms with Crippen LogP contribution in [0.5, 0.6) is 0 Å². The lowest BCUT2D eigenvalue weighted by Gasteiger charge is -2.47. The van der Waals surface area contributed by atoms with Gasteiger partial charge in [-0.3, -0.25) is 9.69 Å². The molecule has 2 amide bonds. The first kappa shape index (κ1) is 27.2. The SMILES string of the molecule is CCC1CN(c2nc(N)c(C(=O)NCCO)nc2Cl)CCN1C1CCN(C(=O)OC(C)(C)C)CC1. The van der Waals surface area contributed by atoms with Gasteiger partial charge in [0.15, 0.2) is 22.5 Å². The van der Waals surface area contributed by atoms with Crippen molar-refractivity contribution in [2.24, 2.45) is 0 Å². The van der Waals surface area contributed by atoms with Crippen LogP contribution in [0.4, 0.5) is 16.4 Å². The van der Waals surface area contributed by atoms with Crippen molar-refractivity contribution >= 4 is 35.2 Å². The maximum Gasteiger partial charge on any atom is 0.410 e. The molecule has 11 nitrogen and oxygen atoms in total. The first-order valence-electron chi connectivity index (χ1n) is 12.2. The minimum atomic E-state index is -0.522. The molecule has 12 heteroatoms. The lowest BCUT2D eigenvalue weighted by Crippen LogP contribution is -2.59. The number of hydrogen-bond donors (Lipinski definition) is 3. The smallest absolute Gasteiger partial charge is 0.410 e. The van der Waals surface area contributed by atoms with Gasteiger partial charge in [0.05, 0.1) is 6.61 Å². The van der Waals surface area contributed by atoms with E-state index in [2.05, 4.69) is 32.0 Å². The van der Waals surface area contributed by atoms with Crippen LogP contribution in [0, 0.1) is 0 Å². The number of rotatable bonds is 6.